The van der Waals surface area contributed by atoms with Gasteiger partial charge in [0.1, 0.15) is 11.6 Å². The average Bonchev–Trinajstić information content (AvgIpc) is 2.39. The lowest BCUT2D eigenvalue weighted by atomic mass is 9.96. The maximum atomic E-state index is 13.7. The maximum absolute atomic E-state index is 13.7. The number of benzene rings is 1. The standard InChI is InChI=1S/C15H16F2N2/c1-10-9-19-6-5-13(10)15(18-2)7-11-3-4-12(16)8-14(11)17/h3-6,8-9,15,18H,7H2,1-2H3. The summed E-state index contributed by atoms with van der Waals surface area (Å²) in [6.45, 7) is 1.97. The molecular weight excluding hydrogens is 246 g/mol. The van der Waals surface area contributed by atoms with Crippen molar-refractivity contribution in [3.63, 3.8) is 0 Å². The van der Waals surface area contributed by atoms with Crippen LogP contribution in [-0.4, -0.2) is 12.0 Å². The molecule has 0 amide bonds. The minimum absolute atomic E-state index is 0.0250. The first-order valence-corrected chi connectivity index (χ1v) is 6.13. The van der Waals surface area contributed by atoms with Crippen molar-refractivity contribution in [1.82, 2.24) is 10.3 Å². The van der Waals surface area contributed by atoms with Crippen molar-refractivity contribution in [2.75, 3.05) is 7.05 Å². The van der Waals surface area contributed by atoms with Gasteiger partial charge in [-0.15, -0.1) is 0 Å². The van der Waals surface area contributed by atoms with Gasteiger partial charge in [-0.3, -0.25) is 4.98 Å². The summed E-state index contributed by atoms with van der Waals surface area (Å²) in [5, 5.41) is 3.16. The van der Waals surface area contributed by atoms with E-state index in [4.69, 9.17) is 0 Å². The fraction of sp³-hybridized carbons (Fsp3) is 0.267. The highest BCUT2D eigenvalue weighted by molar-refractivity contribution is 5.28. The zero-order valence-corrected chi connectivity index (χ0v) is 11.0. The Morgan fingerprint density at radius 1 is 1.26 bits per heavy atom. The Hall–Kier alpha value is -1.81. The quantitative estimate of drug-likeness (QED) is 0.915. The first kappa shape index (κ1) is 13.6. The van der Waals surface area contributed by atoms with E-state index in [2.05, 4.69) is 10.3 Å². The largest absolute Gasteiger partial charge is 0.313 e. The third-order valence-electron chi connectivity index (χ3n) is 3.23. The molecule has 0 saturated heterocycles. The van der Waals surface area contributed by atoms with Crippen LogP contribution in [0, 0.1) is 18.6 Å². The van der Waals surface area contributed by atoms with E-state index >= 15 is 0 Å². The Morgan fingerprint density at radius 2 is 2.05 bits per heavy atom. The number of halogens is 2. The van der Waals surface area contributed by atoms with Crippen LogP contribution >= 0.6 is 0 Å². The molecule has 19 heavy (non-hydrogen) atoms. The highest BCUT2D eigenvalue weighted by Crippen LogP contribution is 2.22. The number of likely N-dealkylation sites (N-methyl/N-ethyl adjacent to an activating group) is 1. The molecule has 0 fully saturated rings. The summed E-state index contributed by atoms with van der Waals surface area (Å²) >= 11 is 0. The van der Waals surface area contributed by atoms with Crippen molar-refractivity contribution in [3.05, 3.63) is 65.0 Å². The van der Waals surface area contributed by atoms with Crippen LogP contribution in [-0.2, 0) is 6.42 Å². The normalized spacial score (nSPS) is 12.4. The number of aryl methyl sites for hydroxylation is 1. The molecule has 1 heterocycles. The van der Waals surface area contributed by atoms with Gasteiger partial charge in [0.25, 0.3) is 0 Å². The smallest absolute Gasteiger partial charge is 0.129 e. The molecule has 2 aromatic rings. The summed E-state index contributed by atoms with van der Waals surface area (Å²) < 4.78 is 26.6. The van der Waals surface area contributed by atoms with Gasteiger partial charge in [0, 0.05) is 24.5 Å². The molecule has 4 heteroatoms. The molecule has 1 N–H and O–H groups in total. The Balaban J connectivity index is 2.27. The molecule has 2 nitrogen and oxygen atoms in total. The van der Waals surface area contributed by atoms with Gasteiger partial charge in [-0.05, 0) is 49.2 Å². The van der Waals surface area contributed by atoms with E-state index < -0.39 is 11.6 Å². The second kappa shape index (κ2) is 5.89. The second-order valence-corrected chi connectivity index (χ2v) is 4.51. The zero-order chi connectivity index (χ0) is 13.8. The van der Waals surface area contributed by atoms with Crippen molar-refractivity contribution in [3.8, 4) is 0 Å². The molecule has 0 aliphatic heterocycles. The highest BCUT2D eigenvalue weighted by Gasteiger charge is 2.15. The zero-order valence-electron chi connectivity index (χ0n) is 11.0. The number of aromatic nitrogens is 1. The molecule has 0 spiro atoms. The topological polar surface area (TPSA) is 24.9 Å². The van der Waals surface area contributed by atoms with Crippen molar-refractivity contribution in [2.24, 2.45) is 0 Å². The molecule has 0 radical (unpaired) electrons. The molecule has 0 aliphatic carbocycles. The Morgan fingerprint density at radius 3 is 2.68 bits per heavy atom. The van der Waals surface area contributed by atoms with Crippen LogP contribution in [0.2, 0.25) is 0 Å². The Kier molecular flexibility index (Phi) is 4.22. The van der Waals surface area contributed by atoms with Gasteiger partial charge in [-0.2, -0.15) is 0 Å². The number of nitrogens with one attached hydrogen (secondary N) is 1. The van der Waals surface area contributed by atoms with Crippen molar-refractivity contribution in [1.29, 1.82) is 0 Å². The first-order valence-electron chi connectivity index (χ1n) is 6.13. The van der Waals surface area contributed by atoms with Gasteiger partial charge in [0.2, 0.25) is 0 Å². The maximum Gasteiger partial charge on any atom is 0.129 e. The lowest BCUT2D eigenvalue weighted by molar-refractivity contribution is 0.539. The van der Waals surface area contributed by atoms with Gasteiger partial charge in [0.05, 0.1) is 0 Å². The second-order valence-electron chi connectivity index (χ2n) is 4.51. The predicted octanol–water partition coefficient (Wildman–Crippen LogP) is 3.17. The molecule has 0 bridgehead atoms. The number of nitrogens with zero attached hydrogens (tertiary/aromatic N) is 1. The fourth-order valence-electron chi connectivity index (χ4n) is 2.15. The predicted molar refractivity (Wildman–Crippen MR) is 70.8 cm³/mol. The van der Waals surface area contributed by atoms with Crippen LogP contribution in [0.15, 0.2) is 36.7 Å². The van der Waals surface area contributed by atoms with Gasteiger partial charge in [-0.1, -0.05) is 6.07 Å². The Labute approximate surface area is 111 Å². The lowest BCUT2D eigenvalue weighted by Crippen LogP contribution is -2.20. The number of hydrogen-bond donors (Lipinski definition) is 1. The van der Waals surface area contributed by atoms with E-state index in [0.717, 1.165) is 17.2 Å². The number of rotatable bonds is 4. The van der Waals surface area contributed by atoms with Crippen LogP contribution in [0.5, 0.6) is 0 Å². The van der Waals surface area contributed by atoms with Crippen LogP contribution in [0.3, 0.4) is 0 Å². The molecule has 1 aromatic heterocycles. The molecule has 1 aromatic carbocycles. The van der Waals surface area contributed by atoms with E-state index in [1.54, 1.807) is 12.4 Å². The van der Waals surface area contributed by atoms with E-state index in [9.17, 15) is 8.78 Å². The van der Waals surface area contributed by atoms with Gasteiger partial charge >= 0.3 is 0 Å². The third-order valence-corrected chi connectivity index (χ3v) is 3.23. The van der Waals surface area contributed by atoms with E-state index in [-0.39, 0.29) is 6.04 Å². The van der Waals surface area contributed by atoms with Crippen molar-refractivity contribution in [2.45, 2.75) is 19.4 Å². The summed E-state index contributed by atoms with van der Waals surface area (Å²) in [5.74, 6) is -1.06. The minimum atomic E-state index is -0.553. The molecule has 0 saturated carbocycles. The summed E-state index contributed by atoms with van der Waals surface area (Å²) in [4.78, 5) is 4.05. The fourth-order valence-corrected chi connectivity index (χ4v) is 2.15. The molecular formula is C15H16F2N2. The SMILES string of the molecule is CNC(Cc1ccc(F)cc1F)c1ccncc1C. The molecule has 2 rings (SSSR count). The molecule has 100 valence electrons. The van der Waals surface area contributed by atoms with E-state index in [1.165, 1.54) is 12.1 Å². The first-order chi connectivity index (χ1) is 9.11. The molecule has 1 unspecified atom stereocenters. The average molecular weight is 262 g/mol. The van der Waals surface area contributed by atoms with Gasteiger partial charge in [0.15, 0.2) is 0 Å². The summed E-state index contributed by atoms with van der Waals surface area (Å²) in [6.07, 6.45) is 3.96. The van der Waals surface area contributed by atoms with Crippen molar-refractivity contribution >= 4 is 0 Å². The van der Waals surface area contributed by atoms with E-state index in [1.807, 2.05) is 20.0 Å². The monoisotopic (exact) mass is 262 g/mol. The third kappa shape index (κ3) is 3.15. The summed E-state index contributed by atoms with van der Waals surface area (Å²) in [6, 6.07) is 5.58. The molecule has 1 atom stereocenters. The number of pyridine rings is 1. The van der Waals surface area contributed by atoms with Crippen LogP contribution in [0.4, 0.5) is 8.78 Å². The van der Waals surface area contributed by atoms with E-state index in [0.29, 0.717) is 12.0 Å². The van der Waals surface area contributed by atoms with Crippen LogP contribution in [0.1, 0.15) is 22.7 Å². The van der Waals surface area contributed by atoms with Crippen molar-refractivity contribution < 1.29 is 8.78 Å². The summed E-state index contributed by atoms with van der Waals surface area (Å²) in [5.41, 5.74) is 2.61. The highest BCUT2D eigenvalue weighted by atomic mass is 19.1. The molecule has 0 aliphatic rings. The van der Waals surface area contributed by atoms with Crippen LogP contribution < -0.4 is 5.32 Å². The van der Waals surface area contributed by atoms with Crippen LogP contribution in [0.25, 0.3) is 0 Å². The summed E-state index contributed by atoms with van der Waals surface area (Å²) in [7, 11) is 1.83. The van der Waals surface area contributed by atoms with Gasteiger partial charge in [-0.25, -0.2) is 8.78 Å². The Bertz CT molecular complexity index is 570. The minimum Gasteiger partial charge on any atom is -0.313 e. The van der Waals surface area contributed by atoms with Gasteiger partial charge < -0.3 is 5.32 Å². The number of hydrogen-bond acceptors (Lipinski definition) is 2. The lowest BCUT2D eigenvalue weighted by Gasteiger charge is -2.19.